The predicted molar refractivity (Wildman–Crippen MR) is 95.7 cm³/mol. The largest absolute Gasteiger partial charge is 0.487 e. The van der Waals surface area contributed by atoms with Crippen LogP contribution in [0.25, 0.3) is 0 Å². The van der Waals surface area contributed by atoms with Gasteiger partial charge in [-0.3, -0.25) is 4.79 Å². The molecule has 1 N–H and O–H groups in total. The zero-order valence-electron chi connectivity index (χ0n) is 15.2. The van der Waals surface area contributed by atoms with E-state index >= 15 is 0 Å². The number of para-hydroxylation sites is 1. The second kappa shape index (κ2) is 6.94. The summed E-state index contributed by atoms with van der Waals surface area (Å²) in [6, 6.07) is 8.06. The van der Waals surface area contributed by atoms with E-state index < -0.39 is 0 Å². The molecule has 1 aromatic rings. The average Bonchev–Trinajstić information content (AvgIpc) is 2.61. The van der Waals surface area contributed by atoms with Crippen molar-refractivity contribution >= 4 is 11.9 Å². The zero-order valence-corrected chi connectivity index (χ0v) is 15.2. The van der Waals surface area contributed by atoms with Gasteiger partial charge in [0.25, 0.3) is 0 Å². The van der Waals surface area contributed by atoms with Crippen LogP contribution < -0.4 is 10.1 Å². The number of benzene rings is 1. The number of hydrogen-bond donors (Lipinski definition) is 1. The first kappa shape index (κ1) is 17.6. The van der Waals surface area contributed by atoms with Crippen LogP contribution in [0, 0.1) is 0 Å². The molecular weight excluding hydrogens is 318 g/mol. The van der Waals surface area contributed by atoms with Crippen LogP contribution in [0.15, 0.2) is 24.3 Å². The monoisotopic (exact) mass is 345 g/mol. The molecule has 2 heterocycles. The Morgan fingerprint density at radius 3 is 2.60 bits per heavy atom. The minimum atomic E-state index is -0.282. The fourth-order valence-electron chi connectivity index (χ4n) is 3.95. The van der Waals surface area contributed by atoms with E-state index in [2.05, 4.69) is 11.4 Å². The third-order valence-electron chi connectivity index (χ3n) is 5.34. The maximum Gasteiger partial charge on any atom is 0.319 e. The minimum absolute atomic E-state index is 0.0490. The number of nitrogens with one attached hydrogen (secondary N) is 1. The highest BCUT2D eigenvalue weighted by Gasteiger charge is 2.44. The van der Waals surface area contributed by atoms with Crippen molar-refractivity contribution in [2.45, 2.75) is 37.2 Å². The molecule has 0 saturated carbocycles. The Morgan fingerprint density at radius 2 is 1.96 bits per heavy atom. The van der Waals surface area contributed by atoms with Gasteiger partial charge in [0, 0.05) is 59.4 Å². The van der Waals surface area contributed by atoms with Gasteiger partial charge in [-0.1, -0.05) is 18.2 Å². The number of urea groups is 1. The first-order valence-electron chi connectivity index (χ1n) is 8.89. The summed E-state index contributed by atoms with van der Waals surface area (Å²) in [5.41, 5.74) is 0.833. The van der Waals surface area contributed by atoms with Crippen LogP contribution >= 0.6 is 0 Å². The maximum absolute atomic E-state index is 12.2. The molecule has 6 nitrogen and oxygen atoms in total. The molecule has 3 amide bonds. The van der Waals surface area contributed by atoms with Gasteiger partial charge in [-0.25, -0.2) is 4.79 Å². The van der Waals surface area contributed by atoms with Crippen molar-refractivity contribution in [1.29, 1.82) is 0 Å². The van der Waals surface area contributed by atoms with Gasteiger partial charge >= 0.3 is 6.03 Å². The van der Waals surface area contributed by atoms with Gasteiger partial charge in [0.05, 0.1) is 0 Å². The lowest BCUT2D eigenvalue weighted by Crippen LogP contribution is -2.53. The van der Waals surface area contributed by atoms with Gasteiger partial charge in [0.1, 0.15) is 11.4 Å². The van der Waals surface area contributed by atoms with Crippen molar-refractivity contribution in [2.75, 3.05) is 34.2 Å². The van der Waals surface area contributed by atoms with Crippen molar-refractivity contribution in [3.63, 3.8) is 0 Å². The number of ether oxygens (including phenoxy) is 1. The molecule has 1 spiro atoms. The molecule has 0 aromatic heterocycles. The van der Waals surface area contributed by atoms with E-state index in [0.29, 0.717) is 19.5 Å². The number of fused-ring (bicyclic) bond motifs is 1. The Labute approximate surface area is 149 Å². The van der Waals surface area contributed by atoms with Crippen LogP contribution in [0.5, 0.6) is 5.75 Å². The summed E-state index contributed by atoms with van der Waals surface area (Å²) in [6.07, 6.45) is 2.89. The highest BCUT2D eigenvalue weighted by Crippen LogP contribution is 2.46. The second-order valence-electron chi connectivity index (χ2n) is 7.27. The third kappa shape index (κ3) is 3.57. The van der Waals surface area contributed by atoms with Crippen LogP contribution in [0.1, 0.15) is 37.2 Å². The molecule has 0 aliphatic carbocycles. The van der Waals surface area contributed by atoms with Crippen LogP contribution in [0.3, 0.4) is 0 Å². The highest BCUT2D eigenvalue weighted by atomic mass is 16.5. The molecule has 136 valence electrons. The molecule has 0 unspecified atom stereocenters. The summed E-state index contributed by atoms with van der Waals surface area (Å²) in [5.74, 6) is 1.09. The van der Waals surface area contributed by atoms with E-state index in [1.165, 1.54) is 0 Å². The molecule has 0 radical (unpaired) electrons. The minimum Gasteiger partial charge on any atom is -0.487 e. The van der Waals surface area contributed by atoms with Crippen LogP contribution in [-0.4, -0.2) is 61.6 Å². The Morgan fingerprint density at radius 1 is 1.28 bits per heavy atom. The Balaban J connectivity index is 1.78. The van der Waals surface area contributed by atoms with E-state index in [4.69, 9.17) is 4.74 Å². The second-order valence-corrected chi connectivity index (χ2v) is 7.27. The maximum atomic E-state index is 12.2. The molecule has 25 heavy (non-hydrogen) atoms. The molecular formula is C19H27N3O3. The van der Waals surface area contributed by atoms with Gasteiger partial charge in [-0.2, -0.15) is 0 Å². The Bertz CT molecular complexity index is 651. The van der Waals surface area contributed by atoms with Crippen molar-refractivity contribution < 1.29 is 14.3 Å². The fraction of sp³-hybridized carbons (Fsp3) is 0.579. The summed E-state index contributed by atoms with van der Waals surface area (Å²) in [7, 11) is 5.23. The summed E-state index contributed by atoms with van der Waals surface area (Å²) in [6.45, 7) is 1.37. The molecule has 1 saturated heterocycles. The van der Waals surface area contributed by atoms with E-state index in [1.807, 2.05) is 23.1 Å². The predicted octanol–water partition coefficient (Wildman–Crippen LogP) is 2.21. The number of carbonyl (C=O) groups excluding carboxylic acids is 2. The average molecular weight is 345 g/mol. The number of nitrogens with zero attached hydrogens (tertiary/aromatic N) is 2. The number of amides is 3. The first-order valence-corrected chi connectivity index (χ1v) is 8.89. The third-order valence-corrected chi connectivity index (χ3v) is 5.34. The van der Waals surface area contributed by atoms with Crippen molar-refractivity contribution in [3.05, 3.63) is 29.8 Å². The van der Waals surface area contributed by atoms with Gasteiger partial charge in [-0.05, 0) is 18.1 Å². The van der Waals surface area contributed by atoms with E-state index in [1.54, 1.807) is 26.0 Å². The van der Waals surface area contributed by atoms with Gasteiger partial charge in [0.2, 0.25) is 5.91 Å². The highest BCUT2D eigenvalue weighted by molar-refractivity contribution is 5.77. The lowest BCUT2D eigenvalue weighted by atomic mass is 9.76. The Hall–Kier alpha value is -2.24. The van der Waals surface area contributed by atoms with Crippen LogP contribution in [0.4, 0.5) is 4.79 Å². The molecule has 3 rings (SSSR count). The first-order chi connectivity index (χ1) is 11.9. The van der Waals surface area contributed by atoms with Crippen molar-refractivity contribution in [2.24, 2.45) is 0 Å². The number of hydrogen-bond acceptors (Lipinski definition) is 3. The Kier molecular flexibility index (Phi) is 4.88. The number of likely N-dealkylation sites (tertiary alicyclic amines) is 1. The topological polar surface area (TPSA) is 61.9 Å². The quantitative estimate of drug-likeness (QED) is 0.894. The molecule has 2 aliphatic rings. The van der Waals surface area contributed by atoms with Crippen LogP contribution in [-0.2, 0) is 4.79 Å². The SMILES string of the molecule is CNC(=O)C[C@@H]1CC2(CCN(C(=O)N(C)C)CC2)Oc2ccccc21. The number of rotatable bonds is 2. The standard InChI is InChI=1S/C19H27N3O3/c1-20-17(23)12-14-13-19(25-16-7-5-4-6-15(14)16)8-10-22(11-9-19)18(24)21(2)3/h4-7,14H,8-13H2,1-3H3,(H,20,23)/t14-/m1/s1. The van der Waals surface area contributed by atoms with Gasteiger partial charge in [0.15, 0.2) is 0 Å². The van der Waals surface area contributed by atoms with Crippen molar-refractivity contribution in [3.8, 4) is 5.75 Å². The fourth-order valence-corrected chi connectivity index (χ4v) is 3.95. The van der Waals surface area contributed by atoms with Crippen molar-refractivity contribution in [1.82, 2.24) is 15.1 Å². The van der Waals surface area contributed by atoms with E-state index in [-0.39, 0.29) is 23.5 Å². The molecule has 0 bridgehead atoms. The molecule has 1 fully saturated rings. The summed E-state index contributed by atoms with van der Waals surface area (Å²) >= 11 is 0. The van der Waals surface area contributed by atoms with Crippen LogP contribution in [0.2, 0.25) is 0 Å². The summed E-state index contributed by atoms with van der Waals surface area (Å²) < 4.78 is 6.41. The normalized spacial score (nSPS) is 21.2. The molecule has 2 aliphatic heterocycles. The number of carbonyl (C=O) groups is 2. The zero-order chi connectivity index (χ0) is 18.0. The smallest absolute Gasteiger partial charge is 0.319 e. The number of piperidine rings is 1. The van der Waals surface area contributed by atoms with E-state index in [0.717, 1.165) is 30.6 Å². The van der Waals surface area contributed by atoms with Gasteiger partial charge < -0.3 is 19.9 Å². The lowest BCUT2D eigenvalue weighted by Gasteiger charge is -2.47. The summed E-state index contributed by atoms with van der Waals surface area (Å²) in [4.78, 5) is 27.6. The molecule has 1 aromatic carbocycles. The summed E-state index contributed by atoms with van der Waals surface area (Å²) in [5, 5.41) is 2.73. The molecule has 1 atom stereocenters. The van der Waals surface area contributed by atoms with Gasteiger partial charge in [-0.15, -0.1) is 0 Å². The van der Waals surface area contributed by atoms with E-state index in [9.17, 15) is 9.59 Å². The lowest BCUT2D eigenvalue weighted by molar-refractivity contribution is -0.121. The molecule has 6 heteroatoms.